The van der Waals surface area contributed by atoms with Crippen LogP contribution in [0.3, 0.4) is 0 Å². The van der Waals surface area contributed by atoms with Gasteiger partial charge in [0, 0.05) is 6.42 Å². The molecule has 0 fully saturated rings. The molecule has 0 saturated carbocycles. The number of aliphatic hydroxyl groups excluding tert-OH is 1. The summed E-state index contributed by atoms with van der Waals surface area (Å²) in [6.07, 6.45) is 0.116. The highest BCUT2D eigenvalue weighted by Crippen LogP contribution is 1.86. The first-order valence-electron chi connectivity index (χ1n) is 4.08. The first kappa shape index (κ1) is 14.4. The zero-order valence-electron chi connectivity index (χ0n) is 7.86. The number of aliphatic carboxylic acids is 2. The second-order valence-electron chi connectivity index (χ2n) is 2.41. The Morgan fingerprint density at radius 2 is 1.69 bits per heavy atom. The molecule has 0 rings (SSSR count). The number of hydrogen-bond donors (Lipinski definition) is 3. The van der Waals surface area contributed by atoms with E-state index in [1.54, 1.807) is 6.92 Å². The van der Waals surface area contributed by atoms with Gasteiger partial charge in [-0.2, -0.15) is 0 Å². The third-order valence-electron chi connectivity index (χ3n) is 1.14. The van der Waals surface area contributed by atoms with Crippen LogP contribution in [-0.2, 0) is 9.59 Å². The molecule has 0 aliphatic heterocycles. The Balaban J connectivity index is 0. The van der Waals surface area contributed by atoms with Crippen molar-refractivity contribution in [3.63, 3.8) is 0 Å². The largest absolute Gasteiger partial charge is 0.481 e. The Labute approximate surface area is 77.0 Å². The van der Waals surface area contributed by atoms with Gasteiger partial charge in [0.1, 0.15) is 0 Å². The molecule has 0 aromatic rings. The Morgan fingerprint density at radius 3 is 1.69 bits per heavy atom. The van der Waals surface area contributed by atoms with Crippen molar-refractivity contribution in [2.24, 2.45) is 0 Å². The van der Waals surface area contributed by atoms with Crippen LogP contribution in [0.25, 0.3) is 0 Å². The lowest BCUT2D eigenvalue weighted by atomic mass is 10.3. The summed E-state index contributed by atoms with van der Waals surface area (Å²) in [6.45, 7) is 3.45. The summed E-state index contributed by atoms with van der Waals surface area (Å²) in [4.78, 5) is 19.3. The fourth-order valence-electron chi connectivity index (χ4n) is 0.388. The number of carboxylic acid groups (broad SMARTS) is 2. The fourth-order valence-corrected chi connectivity index (χ4v) is 0.388. The molecule has 5 heteroatoms. The van der Waals surface area contributed by atoms with Crippen molar-refractivity contribution in [2.45, 2.75) is 39.2 Å². The van der Waals surface area contributed by atoms with E-state index in [2.05, 4.69) is 0 Å². The van der Waals surface area contributed by atoms with Gasteiger partial charge < -0.3 is 15.3 Å². The summed E-state index contributed by atoms with van der Waals surface area (Å²) in [6, 6.07) is 0. The zero-order chi connectivity index (χ0) is 10.9. The number of aliphatic hydroxyl groups is 1. The minimum Gasteiger partial charge on any atom is -0.481 e. The van der Waals surface area contributed by atoms with Crippen LogP contribution in [0, 0.1) is 0 Å². The van der Waals surface area contributed by atoms with Crippen molar-refractivity contribution in [3.05, 3.63) is 0 Å². The third-order valence-corrected chi connectivity index (χ3v) is 1.14. The Morgan fingerprint density at radius 1 is 1.23 bits per heavy atom. The van der Waals surface area contributed by atoms with E-state index in [0.717, 1.165) is 6.42 Å². The average molecular weight is 192 g/mol. The molecule has 0 saturated heterocycles. The second-order valence-corrected chi connectivity index (χ2v) is 2.41. The maximum absolute atomic E-state index is 9.68. The number of hydrogen-bond acceptors (Lipinski definition) is 3. The molecule has 0 aliphatic carbocycles. The summed E-state index contributed by atoms with van der Waals surface area (Å²) >= 11 is 0. The lowest BCUT2D eigenvalue weighted by Crippen LogP contribution is -2.17. The van der Waals surface area contributed by atoms with Gasteiger partial charge in [-0.3, -0.25) is 4.79 Å². The van der Waals surface area contributed by atoms with E-state index in [-0.39, 0.29) is 6.42 Å². The summed E-state index contributed by atoms with van der Waals surface area (Å²) < 4.78 is 0. The maximum atomic E-state index is 9.68. The summed E-state index contributed by atoms with van der Waals surface area (Å²) in [5.74, 6) is -1.86. The molecule has 0 bridgehead atoms. The van der Waals surface area contributed by atoms with Gasteiger partial charge in [0.15, 0.2) is 6.10 Å². The molecule has 13 heavy (non-hydrogen) atoms. The van der Waals surface area contributed by atoms with E-state index >= 15 is 0 Å². The fraction of sp³-hybridized carbons (Fsp3) is 0.750. The van der Waals surface area contributed by atoms with Crippen LogP contribution < -0.4 is 0 Å². The first-order chi connectivity index (χ1) is 5.95. The molecule has 0 heterocycles. The molecule has 5 nitrogen and oxygen atoms in total. The van der Waals surface area contributed by atoms with Crippen molar-refractivity contribution in [1.82, 2.24) is 0 Å². The molecule has 0 spiro atoms. The van der Waals surface area contributed by atoms with E-state index in [4.69, 9.17) is 15.3 Å². The smallest absolute Gasteiger partial charge is 0.332 e. The van der Waals surface area contributed by atoms with Crippen LogP contribution in [0.1, 0.15) is 33.1 Å². The van der Waals surface area contributed by atoms with Gasteiger partial charge in [-0.15, -0.1) is 0 Å². The highest BCUT2D eigenvalue weighted by molar-refractivity contribution is 5.71. The second kappa shape index (κ2) is 8.99. The van der Waals surface area contributed by atoms with Crippen molar-refractivity contribution in [1.29, 1.82) is 0 Å². The lowest BCUT2D eigenvalue weighted by molar-refractivity contribution is -0.146. The average Bonchev–Trinajstić information content (AvgIpc) is 2.03. The Bertz CT molecular complexity index is 155. The molecule has 3 N–H and O–H groups in total. The van der Waals surface area contributed by atoms with E-state index in [1.807, 2.05) is 6.92 Å². The highest BCUT2D eigenvalue weighted by Gasteiger charge is 2.07. The monoisotopic (exact) mass is 192 g/mol. The number of rotatable bonds is 4. The van der Waals surface area contributed by atoms with Gasteiger partial charge in [0.25, 0.3) is 0 Å². The van der Waals surface area contributed by atoms with E-state index in [1.165, 1.54) is 0 Å². The van der Waals surface area contributed by atoms with Gasteiger partial charge in [0.05, 0.1) is 0 Å². The topological polar surface area (TPSA) is 94.8 Å². The first-order valence-corrected chi connectivity index (χ1v) is 4.08. The number of carboxylic acids is 2. The maximum Gasteiger partial charge on any atom is 0.332 e. The SMILES string of the molecule is CCC(O)C(=O)O.CCCC(=O)O. The standard InChI is InChI=1S/C4H8O3.C4H8O2/c1-2-3(5)4(6)7;1-2-3-4(5)6/h3,5H,2H2,1H3,(H,6,7);2-3H2,1H3,(H,5,6). The van der Waals surface area contributed by atoms with Crippen LogP contribution in [-0.4, -0.2) is 33.4 Å². The summed E-state index contributed by atoms with van der Waals surface area (Å²) in [7, 11) is 0. The summed E-state index contributed by atoms with van der Waals surface area (Å²) in [5, 5.41) is 24.2. The van der Waals surface area contributed by atoms with Crippen molar-refractivity contribution in [2.75, 3.05) is 0 Å². The van der Waals surface area contributed by atoms with Crippen LogP contribution in [0.2, 0.25) is 0 Å². The van der Waals surface area contributed by atoms with Crippen LogP contribution in [0.4, 0.5) is 0 Å². The van der Waals surface area contributed by atoms with Gasteiger partial charge in [0.2, 0.25) is 0 Å². The Kier molecular flexibility index (Phi) is 9.98. The molecule has 1 unspecified atom stereocenters. The van der Waals surface area contributed by atoms with Crippen LogP contribution >= 0.6 is 0 Å². The molecule has 0 radical (unpaired) electrons. The molecule has 0 aromatic heterocycles. The van der Waals surface area contributed by atoms with Crippen molar-refractivity contribution >= 4 is 11.9 Å². The third kappa shape index (κ3) is 13.8. The lowest BCUT2D eigenvalue weighted by Gasteiger charge is -1.95. The van der Waals surface area contributed by atoms with Gasteiger partial charge in [-0.05, 0) is 12.8 Å². The van der Waals surface area contributed by atoms with Crippen LogP contribution in [0.15, 0.2) is 0 Å². The normalized spacial score (nSPS) is 11.0. The van der Waals surface area contributed by atoms with E-state index in [9.17, 15) is 9.59 Å². The zero-order valence-corrected chi connectivity index (χ0v) is 7.86. The molecule has 0 aliphatic rings. The predicted molar refractivity (Wildman–Crippen MR) is 46.5 cm³/mol. The molecule has 0 aromatic carbocycles. The summed E-state index contributed by atoms with van der Waals surface area (Å²) in [5.41, 5.74) is 0. The molecular formula is C8H16O5. The van der Waals surface area contributed by atoms with Crippen molar-refractivity contribution < 1.29 is 24.9 Å². The minimum atomic E-state index is -1.18. The van der Waals surface area contributed by atoms with Crippen molar-refractivity contribution in [3.8, 4) is 0 Å². The van der Waals surface area contributed by atoms with Gasteiger partial charge >= 0.3 is 11.9 Å². The molecule has 78 valence electrons. The molecule has 0 amide bonds. The van der Waals surface area contributed by atoms with Gasteiger partial charge in [-0.25, -0.2) is 4.79 Å². The Hall–Kier alpha value is -1.10. The molecular weight excluding hydrogens is 176 g/mol. The van der Waals surface area contributed by atoms with E-state index in [0.29, 0.717) is 6.42 Å². The minimum absolute atomic E-state index is 0.273. The molecule has 1 atom stereocenters. The predicted octanol–water partition coefficient (Wildman–Crippen LogP) is 0.713. The van der Waals surface area contributed by atoms with Crippen LogP contribution in [0.5, 0.6) is 0 Å². The van der Waals surface area contributed by atoms with Gasteiger partial charge in [-0.1, -0.05) is 13.8 Å². The number of carbonyl (C=O) groups is 2. The quantitative estimate of drug-likeness (QED) is 0.609. The van der Waals surface area contributed by atoms with E-state index < -0.39 is 18.0 Å². The highest BCUT2D eigenvalue weighted by atomic mass is 16.4.